The van der Waals surface area contributed by atoms with E-state index in [0.717, 1.165) is 5.56 Å². The van der Waals surface area contributed by atoms with Gasteiger partial charge in [-0.25, -0.2) is 0 Å². The Labute approximate surface area is 131 Å². The number of rotatable bonds is 5. The number of nitrogens with one attached hydrogen (secondary N) is 2. The Morgan fingerprint density at radius 3 is 1.95 bits per heavy atom. The van der Waals surface area contributed by atoms with Crippen molar-refractivity contribution in [1.82, 2.24) is 14.9 Å². The number of aromatic amines is 2. The molecule has 0 bridgehead atoms. The van der Waals surface area contributed by atoms with E-state index < -0.39 is 0 Å². The fourth-order valence-electron chi connectivity index (χ4n) is 1.71. The molecule has 7 nitrogen and oxygen atoms in total. The lowest BCUT2D eigenvalue weighted by molar-refractivity contribution is 0.324. The lowest BCUT2D eigenvalue weighted by Crippen LogP contribution is -1.97. The van der Waals surface area contributed by atoms with Crippen LogP contribution in [0.2, 0.25) is 0 Å². The number of ether oxygens (including phenoxy) is 3. The minimum Gasteiger partial charge on any atom is -0.493 e. The highest BCUT2D eigenvalue weighted by molar-refractivity contribution is 7.72. The van der Waals surface area contributed by atoms with Gasteiger partial charge < -0.3 is 14.2 Å². The Bertz CT molecular complexity index is 723. The van der Waals surface area contributed by atoms with Gasteiger partial charge in [0.2, 0.25) is 15.3 Å². The van der Waals surface area contributed by atoms with Gasteiger partial charge in [-0.15, -0.1) is 0 Å². The van der Waals surface area contributed by atoms with Crippen molar-refractivity contribution in [2.75, 3.05) is 21.3 Å². The van der Waals surface area contributed by atoms with E-state index in [4.69, 9.17) is 38.6 Å². The van der Waals surface area contributed by atoms with Crippen molar-refractivity contribution < 1.29 is 14.2 Å². The van der Waals surface area contributed by atoms with E-state index in [1.807, 2.05) is 0 Å². The molecule has 2 rings (SSSR count). The zero-order chi connectivity index (χ0) is 15.4. The lowest BCUT2D eigenvalue weighted by Gasteiger charge is -2.12. The molecular formula is C12H14N4O3S2. The predicted molar refractivity (Wildman–Crippen MR) is 83.9 cm³/mol. The highest BCUT2D eigenvalue weighted by Crippen LogP contribution is 2.37. The van der Waals surface area contributed by atoms with Crippen LogP contribution in [0, 0.1) is 9.54 Å². The molecular weight excluding hydrogens is 312 g/mol. The maximum atomic E-state index is 5.28. The summed E-state index contributed by atoms with van der Waals surface area (Å²) in [5.74, 6) is 1.61. The standard InChI is InChI=1S/C12H14N4O3S2/c1-17-8-4-7(5-9(18-2)10(8)19-3)6-13-16-11(20)14-15-12(16)21/h4-6H,1-3H3,(H,14,20)(H,15,21)/b13-6-. The van der Waals surface area contributed by atoms with E-state index in [9.17, 15) is 0 Å². The Morgan fingerprint density at radius 2 is 1.52 bits per heavy atom. The molecule has 9 heteroatoms. The minimum absolute atomic E-state index is 0.378. The van der Waals surface area contributed by atoms with E-state index in [0.29, 0.717) is 26.8 Å². The summed E-state index contributed by atoms with van der Waals surface area (Å²) in [6, 6.07) is 3.54. The molecule has 1 aromatic carbocycles. The molecule has 112 valence electrons. The third-order valence-corrected chi connectivity index (χ3v) is 3.22. The van der Waals surface area contributed by atoms with Gasteiger partial charge in [0.25, 0.3) is 0 Å². The number of aromatic nitrogens is 3. The van der Waals surface area contributed by atoms with Crippen molar-refractivity contribution in [3.63, 3.8) is 0 Å². The van der Waals surface area contributed by atoms with E-state index in [2.05, 4.69) is 15.3 Å². The van der Waals surface area contributed by atoms with Crippen molar-refractivity contribution in [2.45, 2.75) is 0 Å². The van der Waals surface area contributed by atoms with Crippen LogP contribution >= 0.6 is 24.4 Å². The van der Waals surface area contributed by atoms with Crippen LogP contribution in [-0.4, -0.2) is 42.4 Å². The number of hydrogen-bond acceptors (Lipinski definition) is 6. The number of nitrogens with zero attached hydrogens (tertiary/aromatic N) is 2. The average Bonchev–Trinajstić information content (AvgIpc) is 2.82. The van der Waals surface area contributed by atoms with Crippen LogP contribution in [-0.2, 0) is 0 Å². The quantitative estimate of drug-likeness (QED) is 0.652. The van der Waals surface area contributed by atoms with Crippen molar-refractivity contribution in [3.05, 3.63) is 27.2 Å². The van der Waals surface area contributed by atoms with Gasteiger partial charge >= 0.3 is 0 Å². The molecule has 0 aliphatic rings. The van der Waals surface area contributed by atoms with Crippen molar-refractivity contribution in [2.24, 2.45) is 5.10 Å². The summed E-state index contributed by atoms with van der Waals surface area (Å²) in [5.41, 5.74) is 0.752. The Kier molecular flexibility index (Phi) is 4.76. The molecule has 0 radical (unpaired) electrons. The van der Waals surface area contributed by atoms with Crippen molar-refractivity contribution >= 4 is 30.7 Å². The molecule has 0 unspecified atom stereocenters. The van der Waals surface area contributed by atoms with Gasteiger partial charge in [0.1, 0.15) is 0 Å². The lowest BCUT2D eigenvalue weighted by atomic mass is 10.2. The van der Waals surface area contributed by atoms with Crippen LogP contribution in [0.15, 0.2) is 17.2 Å². The van der Waals surface area contributed by atoms with Gasteiger partial charge in [-0.3, -0.25) is 10.2 Å². The fraction of sp³-hybridized carbons (Fsp3) is 0.250. The molecule has 1 heterocycles. The Morgan fingerprint density at radius 1 is 1.00 bits per heavy atom. The molecule has 21 heavy (non-hydrogen) atoms. The van der Waals surface area contributed by atoms with Crippen LogP contribution in [0.3, 0.4) is 0 Å². The molecule has 2 N–H and O–H groups in total. The zero-order valence-corrected chi connectivity index (χ0v) is 13.3. The molecule has 1 aromatic heterocycles. The maximum absolute atomic E-state index is 5.28. The highest BCUT2D eigenvalue weighted by Gasteiger charge is 2.12. The summed E-state index contributed by atoms with van der Waals surface area (Å²) >= 11 is 10.1. The fourth-order valence-corrected chi connectivity index (χ4v) is 2.15. The highest BCUT2D eigenvalue weighted by atomic mass is 32.1. The second-order valence-electron chi connectivity index (χ2n) is 3.88. The molecule has 0 saturated heterocycles. The van der Waals surface area contributed by atoms with Gasteiger partial charge in [0, 0.05) is 5.56 Å². The minimum atomic E-state index is 0.378. The Hall–Kier alpha value is -2.13. The first-order chi connectivity index (χ1) is 10.1. The van der Waals surface area contributed by atoms with Gasteiger partial charge in [0.15, 0.2) is 11.5 Å². The third kappa shape index (κ3) is 3.14. The van der Waals surface area contributed by atoms with Crippen LogP contribution in [0.5, 0.6) is 17.2 Å². The molecule has 0 aliphatic carbocycles. The Balaban J connectivity index is 2.46. The SMILES string of the molecule is COc1cc(/C=N\n2c(=S)[nH][nH]c2=S)cc(OC)c1OC. The van der Waals surface area contributed by atoms with E-state index in [-0.39, 0.29) is 0 Å². The first kappa shape index (κ1) is 15.3. The normalized spacial score (nSPS) is 10.8. The first-order valence-corrected chi connectivity index (χ1v) is 6.66. The monoisotopic (exact) mass is 326 g/mol. The largest absolute Gasteiger partial charge is 0.493 e. The predicted octanol–water partition coefficient (Wildman–Crippen LogP) is 2.51. The average molecular weight is 326 g/mol. The van der Waals surface area contributed by atoms with Gasteiger partial charge in [-0.1, -0.05) is 0 Å². The maximum Gasteiger partial charge on any atom is 0.215 e. The summed E-state index contributed by atoms with van der Waals surface area (Å²) in [4.78, 5) is 0. The van der Waals surface area contributed by atoms with Gasteiger partial charge in [-0.2, -0.15) is 9.78 Å². The third-order valence-electron chi connectivity index (χ3n) is 2.67. The second-order valence-corrected chi connectivity index (χ2v) is 4.65. The number of methoxy groups -OCH3 is 3. The summed E-state index contributed by atoms with van der Waals surface area (Å²) in [5, 5.41) is 9.61. The second kappa shape index (κ2) is 6.55. The number of H-pyrrole nitrogens is 2. The molecule has 0 fully saturated rings. The van der Waals surface area contributed by atoms with E-state index >= 15 is 0 Å². The summed E-state index contributed by atoms with van der Waals surface area (Å²) in [7, 11) is 4.65. The van der Waals surface area contributed by atoms with Crippen molar-refractivity contribution in [3.8, 4) is 17.2 Å². The molecule has 0 amide bonds. The zero-order valence-electron chi connectivity index (χ0n) is 11.7. The summed E-state index contributed by atoms with van der Waals surface area (Å²) < 4.78 is 18.0. The molecule has 0 spiro atoms. The van der Waals surface area contributed by atoms with Crippen LogP contribution in [0.25, 0.3) is 0 Å². The van der Waals surface area contributed by atoms with E-state index in [1.54, 1.807) is 39.7 Å². The molecule has 0 aliphatic heterocycles. The van der Waals surface area contributed by atoms with Crippen LogP contribution in [0.1, 0.15) is 5.56 Å². The van der Waals surface area contributed by atoms with Crippen LogP contribution in [0.4, 0.5) is 0 Å². The topological polar surface area (TPSA) is 76.6 Å². The number of benzene rings is 1. The van der Waals surface area contributed by atoms with Crippen LogP contribution < -0.4 is 14.2 Å². The smallest absolute Gasteiger partial charge is 0.215 e. The summed E-state index contributed by atoms with van der Waals surface area (Å²) in [6.07, 6.45) is 1.59. The van der Waals surface area contributed by atoms with Crippen molar-refractivity contribution in [1.29, 1.82) is 0 Å². The molecule has 2 aromatic rings. The number of hydrogen-bond donors (Lipinski definition) is 2. The molecule has 0 saturated carbocycles. The first-order valence-electron chi connectivity index (χ1n) is 5.84. The van der Waals surface area contributed by atoms with Gasteiger partial charge in [-0.05, 0) is 36.6 Å². The van der Waals surface area contributed by atoms with Gasteiger partial charge in [0.05, 0.1) is 27.5 Å². The summed E-state index contributed by atoms with van der Waals surface area (Å²) in [6.45, 7) is 0. The van der Waals surface area contributed by atoms with E-state index in [1.165, 1.54) is 4.68 Å². The molecule has 0 atom stereocenters.